The molecule has 0 spiro atoms. The lowest BCUT2D eigenvalue weighted by molar-refractivity contribution is -0.130. The van der Waals surface area contributed by atoms with E-state index >= 15 is 0 Å². The van der Waals surface area contributed by atoms with E-state index in [1.165, 1.54) is 0 Å². The third-order valence-corrected chi connectivity index (χ3v) is 6.00. The van der Waals surface area contributed by atoms with Crippen molar-refractivity contribution in [3.63, 3.8) is 0 Å². The van der Waals surface area contributed by atoms with Crippen molar-refractivity contribution in [2.24, 2.45) is 0 Å². The number of amides is 1. The van der Waals surface area contributed by atoms with E-state index in [0.29, 0.717) is 30.5 Å². The number of fused-ring (bicyclic) bond motifs is 1. The third kappa shape index (κ3) is 4.82. The van der Waals surface area contributed by atoms with Gasteiger partial charge in [-0.15, -0.1) is 0 Å². The normalized spacial score (nSPS) is 15.1. The summed E-state index contributed by atoms with van der Waals surface area (Å²) in [6.07, 6.45) is 3.41. The Bertz CT molecular complexity index is 1350. The van der Waals surface area contributed by atoms with Gasteiger partial charge in [-0.3, -0.25) is 4.79 Å². The zero-order chi connectivity index (χ0) is 24.4. The van der Waals surface area contributed by atoms with Crippen molar-refractivity contribution in [3.8, 4) is 17.3 Å². The largest absolute Gasteiger partial charge is 0.494 e. The van der Waals surface area contributed by atoms with Gasteiger partial charge >= 0.3 is 0 Å². The van der Waals surface area contributed by atoms with Gasteiger partial charge in [0.25, 0.3) is 0 Å². The van der Waals surface area contributed by atoms with Crippen molar-refractivity contribution in [1.82, 2.24) is 19.4 Å². The number of hydrogen-bond acceptors (Lipinski definition) is 6. The molecule has 1 aliphatic heterocycles. The van der Waals surface area contributed by atoms with Gasteiger partial charge in [0.2, 0.25) is 11.8 Å². The number of benzene rings is 2. The summed E-state index contributed by atoms with van der Waals surface area (Å²) in [5.74, 6) is 1.87. The molecule has 1 aliphatic rings. The first-order chi connectivity index (χ1) is 17.0. The Morgan fingerprint density at radius 1 is 1.14 bits per heavy atom. The topological polar surface area (TPSA) is 81.5 Å². The quantitative estimate of drug-likeness (QED) is 0.452. The summed E-state index contributed by atoms with van der Waals surface area (Å²) in [4.78, 5) is 23.1. The molecule has 0 fully saturated rings. The summed E-state index contributed by atoms with van der Waals surface area (Å²) in [5.41, 5.74) is 4.52. The second-order valence-electron chi connectivity index (χ2n) is 8.51. The van der Waals surface area contributed by atoms with Gasteiger partial charge < -0.3 is 24.3 Å². The number of carbonyl (C=O) groups excluding carboxylic acids is 1. The average molecular weight is 470 g/mol. The summed E-state index contributed by atoms with van der Waals surface area (Å²) >= 11 is 0. The second kappa shape index (κ2) is 9.50. The smallest absolute Gasteiger partial charge is 0.221 e. The van der Waals surface area contributed by atoms with Crippen LogP contribution in [0.5, 0.6) is 11.6 Å². The standard InChI is InChI=1S/C27H27N5O3/c1-18-14-32(17-28-18)23-11-10-22(13-24(23)34-3)29-26-12-9-21-15-31(19(2)33)16-25(35-27(21)30-26)20-7-5-4-6-8-20/h4-14,17,25H,15-16H2,1-3H3,(H,29,30). The Morgan fingerprint density at radius 3 is 2.69 bits per heavy atom. The van der Waals surface area contributed by atoms with Gasteiger partial charge in [0, 0.05) is 30.4 Å². The van der Waals surface area contributed by atoms with Crippen molar-refractivity contribution in [1.29, 1.82) is 0 Å². The molecule has 3 heterocycles. The highest BCUT2D eigenvalue weighted by molar-refractivity contribution is 5.73. The van der Waals surface area contributed by atoms with Crippen molar-refractivity contribution in [2.75, 3.05) is 19.0 Å². The molecule has 1 atom stereocenters. The number of anilines is 2. The number of pyridine rings is 1. The van der Waals surface area contributed by atoms with Crippen molar-refractivity contribution in [3.05, 3.63) is 90.0 Å². The van der Waals surface area contributed by atoms with E-state index in [4.69, 9.17) is 14.5 Å². The van der Waals surface area contributed by atoms with E-state index in [9.17, 15) is 4.79 Å². The predicted octanol–water partition coefficient (Wildman–Crippen LogP) is 4.81. The van der Waals surface area contributed by atoms with Crippen LogP contribution >= 0.6 is 0 Å². The first-order valence-electron chi connectivity index (χ1n) is 11.4. The monoisotopic (exact) mass is 469 g/mol. The number of rotatable bonds is 5. The number of hydrogen-bond donors (Lipinski definition) is 1. The molecule has 1 amide bonds. The summed E-state index contributed by atoms with van der Waals surface area (Å²) < 4.78 is 13.9. The highest BCUT2D eigenvalue weighted by Crippen LogP contribution is 2.33. The van der Waals surface area contributed by atoms with Crippen LogP contribution in [0, 0.1) is 6.92 Å². The maximum absolute atomic E-state index is 12.3. The van der Waals surface area contributed by atoms with E-state index in [0.717, 1.165) is 28.2 Å². The average Bonchev–Trinajstić information content (AvgIpc) is 3.20. The summed E-state index contributed by atoms with van der Waals surface area (Å²) in [5, 5.41) is 3.35. The molecule has 1 N–H and O–H groups in total. The van der Waals surface area contributed by atoms with Crippen molar-refractivity contribution >= 4 is 17.4 Å². The molecule has 8 nitrogen and oxygen atoms in total. The van der Waals surface area contributed by atoms with Gasteiger partial charge in [-0.05, 0) is 36.8 Å². The van der Waals surface area contributed by atoms with E-state index in [1.807, 2.05) is 78.4 Å². The molecule has 2 aromatic carbocycles. The van der Waals surface area contributed by atoms with E-state index in [2.05, 4.69) is 10.3 Å². The Kier molecular flexibility index (Phi) is 6.10. The maximum Gasteiger partial charge on any atom is 0.221 e. The van der Waals surface area contributed by atoms with Crippen LogP contribution in [0.25, 0.3) is 5.69 Å². The SMILES string of the molecule is COc1cc(Nc2ccc3c(n2)OC(c2ccccc2)CN(C(C)=O)C3)ccc1-n1cnc(C)c1. The van der Waals surface area contributed by atoms with E-state index in [1.54, 1.807) is 25.3 Å². The molecule has 0 aliphatic carbocycles. The van der Waals surface area contributed by atoms with Crippen molar-refractivity contribution < 1.29 is 14.3 Å². The lowest BCUT2D eigenvalue weighted by atomic mass is 10.1. The van der Waals surface area contributed by atoms with Crippen LogP contribution in [0.1, 0.15) is 29.8 Å². The fourth-order valence-corrected chi connectivity index (χ4v) is 4.15. The Balaban J connectivity index is 1.43. The fourth-order valence-electron chi connectivity index (χ4n) is 4.15. The zero-order valence-corrected chi connectivity index (χ0v) is 19.9. The van der Waals surface area contributed by atoms with Gasteiger partial charge in [-0.1, -0.05) is 30.3 Å². The zero-order valence-electron chi connectivity index (χ0n) is 19.9. The molecule has 35 heavy (non-hydrogen) atoms. The Morgan fingerprint density at radius 2 is 1.97 bits per heavy atom. The minimum absolute atomic E-state index is 0.00449. The number of aromatic nitrogens is 3. The van der Waals surface area contributed by atoms with Gasteiger partial charge in [-0.2, -0.15) is 4.98 Å². The highest BCUT2D eigenvalue weighted by atomic mass is 16.5. The van der Waals surface area contributed by atoms with Crippen LogP contribution < -0.4 is 14.8 Å². The molecule has 8 heteroatoms. The minimum Gasteiger partial charge on any atom is -0.494 e. The lowest BCUT2D eigenvalue weighted by Gasteiger charge is -2.22. The van der Waals surface area contributed by atoms with Gasteiger partial charge in [0.15, 0.2) is 0 Å². The molecule has 0 radical (unpaired) electrons. The molecule has 4 aromatic rings. The predicted molar refractivity (Wildman–Crippen MR) is 133 cm³/mol. The number of methoxy groups -OCH3 is 1. The molecule has 0 saturated carbocycles. The maximum atomic E-state index is 12.3. The Labute approximate surface area is 204 Å². The minimum atomic E-state index is -0.304. The van der Waals surface area contributed by atoms with Gasteiger partial charge in [-0.25, -0.2) is 4.98 Å². The van der Waals surface area contributed by atoms with Crippen LogP contribution in [0.15, 0.2) is 73.2 Å². The number of nitrogens with one attached hydrogen (secondary N) is 1. The summed E-state index contributed by atoms with van der Waals surface area (Å²) in [6.45, 7) is 4.44. The highest BCUT2D eigenvalue weighted by Gasteiger charge is 2.27. The number of imidazole rings is 1. The first-order valence-corrected chi connectivity index (χ1v) is 11.4. The second-order valence-corrected chi connectivity index (χ2v) is 8.51. The number of nitrogens with zero attached hydrogens (tertiary/aromatic N) is 4. The number of ether oxygens (including phenoxy) is 2. The van der Waals surface area contributed by atoms with Crippen molar-refractivity contribution in [2.45, 2.75) is 26.5 Å². The molecule has 5 rings (SSSR count). The van der Waals surface area contributed by atoms with Crippen LogP contribution in [-0.4, -0.2) is 39.0 Å². The van der Waals surface area contributed by atoms with Gasteiger partial charge in [0.1, 0.15) is 17.7 Å². The molecule has 0 saturated heterocycles. The molecular weight excluding hydrogens is 442 g/mol. The van der Waals surface area contributed by atoms with Crippen LogP contribution in [0.2, 0.25) is 0 Å². The summed E-state index contributed by atoms with van der Waals surface area (Å²) in [6, 6.07) is 19.6. The molecule has 2 aromatic heterocycles. The number of carbonyl (C=O) groups is 1. The number of aryl methyl sites for hydroxylation is 1. The Hall–Kier alpha value is -4.33. The van der Waals surface area contributed by atoms with E-state index in [-0.39, 0.29) is 12.0 Å². The lowest BCUT2D eigenvalue weighted by Crippen LogP contribution is -2.32. The van der Waals surface area contributed by atoms with Crippen LogP contribution in [0.3, 0.4) is 0 Å². The van der Waals surface area contributed by atoms with E-state index < -0.39 is 0 Å². The summed E-state index contributed by atoms with van der Waals surface area (Å²) in [7, 11) is 1.64. The van der Waals surface area contributed by atoms with Crippen LogP contribution in [0.4, 0.5) is 11.5 Å². The van der Waals surface area contributed by atoms with Crippen LogP contribution in [-0.2, 0) is 11.3 Å². The molecule has 0 bridgehead atoms. The molecular formula is C27H27N5O3. The van der Waals surface area contributed by atoms with Gasteiger partial charge in [0.05, 0.1) is 37.9 Å². The molecule has 178 valence electrons. The molecule has 1 unspecified atom stereocenters. The first kappa shape index (κ1) is 22.5. The fraction of sp³-hybridized carbons (Fsp3) is 0.222. The third-order valence-electron chi connectivity index (χ3n) is 6.00.